The molecule has 7 heteroatoms. The zero-order valence-electron chi connectivity index (χ0n) is 17.9. The summed E-state index contributed by atoms with van der Waals surface area (Å²) in [7, 11) is 0. The van der Waals surface area contributed by atoms with Gasteiger partial charge in [-0.1, -0.05) is 42.1 Å². The first-order chi connectivity index (χ1) is 15.5. The van der Waals surface area contributed by atoms with E-state index in [1.165, 1.54) is 34.2 Å². The fourth-order valence-electron chi connectivity index (χ4n) is 4.15. The molecule has 2 heterocycles. The van der Waals surface area contributed by atoms with Crippen molar-refractivity contribution < 1.29 is 4.79 Å². The van der Waals surface area contributed by atoms with Crippen molar-refractivity contribution in [2.24, 2.45) is 0 Å². The standard InChI is InChI=1S/C25H23N3O2S2/c1-15-7-9-18(13-16(15)2)28-24(30)23-21(11-12-31-23)27-25(28)32-14-22(29)26-20-10-8-17-5-3-4-6-19(17)20/h3-7,9,11-13,20H,8,10,14H2,1-2H3,(H,26,29)/t20-/m1/s1. The minimum Gasteiger partial charge on any atom is -0.349 e. The van der Waals surface area contributed by atoms with Gasteiger partial charge in [0.1, 0.15) is 4.70 Å². The first-order valence-corrected chi connectivity index (χ1v) is 12.5. The molecule has 0 radical (unpaired) electrons. The van der Waals surface area contributed by atoms with Crippen LogP contribution in [0.4, 0.5) is 0 Å². The number of fused-ring (bicyclic) bond motifs is 2. The summed E-state index contributed by atoms with van der Waals surface area (Å²) < 4.78 is 2.26. The van der Waals surface area contributed by atoms with Gasteiger partial charge in [-0.15, -0.1) is 11.3 Å². The summed E-state index contributed by atoms with van der Waals surface area (Å²) in [5, 5.41) is 5.57. The maximum atomic E-state index is 13.3. The van der Waals surface area contributed by atoms with Gasteiger partial charge in [0.2, 0.25) is 5.91 Å². The lowest BCUT2D eigenvalue weighted by atomic mass is 10.1. The van der Waals surface area contributed by atoms with Gasteiger partial charge in [0.15, 0.2) is 5.16 Å². The van der Waals surface area contributed by atoms with Crippen molar-refractivity contribution in [3.8, 4) is 5.69 Å². The largest absolute Gasteiger partial charge is 0.349 e. The lowest BCUT2D eigenvalue weighted by molar-refractivity contribution is -0.119. The van der Waals surface area contributed by atoms with E-state index in [1.54, 1.807) is 4.57 Å². The first-order valence-electron chi connectivity index (χ1n) is 10.6. The van der Waals surface area contributed by atoms with Gasteiger partial charge in [0.05, 0.1) is 23.0 Å². The van der Waals surface area contributed by atoms with Crippen molar-refractivity contribution in [3.05, 3.63) is 86.5 Å². The minimum atomic E-state index is -0.0964. The molecule has 0 spiro atoms. The van der Waals surface area contributed by atoms with E-state index in [0.717, 1.165) is 29.7 Å². The van der Waals surface area contributed by atoms with Gasteiger partial charge < -0.3 is 5.32 Å². The van der Waals surface area contributed by atoms with E-state index in [0.29, 0.717) is 15.4 Å². The molecule has 0 saturated heterocycles. The normalized spacial score (nSPS) is 15.1. The smallest absolute Gasteiger partial charge is 0.276 e. The number of hydrogen-bond acceptors (Lipinski definition) is 5. The maximum Gasteiger partial charge on any atom is 0.276 e. The van der Waals surface area contributed by atoms with Crippen LogP contribution < -0.4 is 10.9 Å². The van der Waals surface area contributed by atoms with Crippen LogP contribution in [0.15, 0.2) is 63.9 Å². The van der Waals surface area contributed by atoms with Crippen molar-refractivity contribution in [1.29, 1.82) is 0 Å². The molecular weight excluding hydrogens is 438 g/mol. The van der Waals surface area contributed by atoms with E-state index < -0.39 is 0 Å². The zero-order valence-corrected chi connectivity index (χ0v) is 19.6. The Morgan fingerprint density at radius 1 is 1.19 bits per heavy atom. The van der Waals surface area contributed by atoms with Gasteiger partial charge in [0, 0.05) is 0 Å². The molecule has 5 nitrogen and oxygen atoms in total. The van der Waals surface area contributed by atoms with E-state index in [9.17, 15) is 9.59 Å². The highest BCUT2D eigenvalue weighted by Gasteiger charge is 2.24. The number of benzene rings is 2. The fourth-order valence-corrected chi connectivity index (χ4v) is 5.74. The molecule has 0 fully saturated rings. The van der Waals surface area contributed by atoms with Crippen molar-refractivity contribution in [2.75, 3.05) is 5.75 Å². The predicted molar refractivity (Wildman–Crippen MR) is 131 cm³/mol. The van der Waals surface area contributed by atoms with Crippen molar-refractivity contribution in [3.63, 3.8) is 0 Å². The molecule has 162 valence electrons. The summed E-state index contributed by atoms with van der Waals surface area (Å²) >= 11 is 2.70. The molecule has 1 atom stereocenters. The SMILES string of the molecule is Cc1ccc(-n2c(SCC(=O)N[C@@H]3CCc4ccccc43)nc3ccsc3c2=O)cc1C. The van der Waals surface area contributed by atoms with Crippen LogP contribution in [0.25, 0.3) is 15.9 Å². The van der Waals surface area contributed by atoms with Gasteiger partial charge in [-0.3, -0.25) is 14.2 Å². The molecule has 2 aromatic heterocycles. The van der Waals surface area contributed by atoms with E-state index in [2.05, 4.69) is 17.4 Å². The van der Waals surface area contributed by atoms with Gasteiger partial charge in [-0.2, -0.15) is 0 Å². The van der Waals surface area contributed by atoms with Crippen LogP contribution in [0.2, 0.25) is 0 Å². The number of aromatic nitrogens is 2. The summed E-state index contributed by atoms with van der Waals surface area (Å²) in [6.07, 6.45) is 1.90. The molecule has 1 amide bonds. The van der Waals surface area contributed by atoms with Crippen LogP contribution in [0.3, 0.4) is 0 Å². The van der Waals surface area contributed by atoms with E-state index in [1.807, 2.05) is 55.6 Å². The van der Waals surface area contributed by atoms with E-state index in [-0.39, 0.29) is 23.3 Å². The summed E-state index contributed by atoms with van der Waals surface area (Å²) in [4.78, 5) is 30.8. The van der Waals surface area contributed by atoms with Crippen LogP contribution in [0.1, 0.15) is 34.7 Å². The van der Waals surface area contributed by atoms with Crippen molar-refractivity contribution in [1.82, 2.24) is 14.9 Å². The highest BCUT2D eigenvalue weighted by Crippen LogP contribution is 2.31. The molecule has 1 aliphatic carbocycles. The Bertz CT molecular complexity index is 1390. The Morgan fingerprint density at radius 2 is 2.03 bits per heavy atom. The maximum absolute atomic E-state index is 13.3. The van der Waals surface area contributed by atoms with Gasteiger partial charge in [-0.05, 0) is 72.5 Å². The highest BCUT2D eigenvalue weighted by atomic mass is 32.2. The van der Waals surface area contributed by atoms with Gasteiger partial charge in [-0.25, -0.2) is 4.98 Å². The van der Waals surface area contributed by atoms with Gasteiger partial charge in [0.25, 0.3) is 5.56 Å². The predicted octanol–water partition coefficient (Wildman–Crippen LogP) is 4.96. The monoisotopic (exact) mass is 461 g/mol. The fraction of sp³-hybridized carbons (Fsp3) is 0.240. The Kier molecular flexibility index (Phi) is 5.61. The summed E-state index contributed by atoms with van der Waals surface area (Å²) in [6, 6.07) is 16.1. The number of carbonyl (C=O) groups excluding carboxylic acids is 1. The number of thioether (sulfide) groups is 1. The topological polar surface area (TPSA) is 64.0 Å². The Morgan fingerprint density at radius 3 is 2.88 bits per heavy atom. The van der Waals surface area contributed by atoms with Crippen LogP contribution in [-0.4, -0.2) is 21.2 Å². The lowest BCUT2D eigenvalue weighted by Crippen LogP contribution is -2.29. The molecule has 0 saturated carbocycles. The summed E-state index contributed by atoms with van der Waals surface area (Å²) in [5.74, 6) is 0.147. The quantitative estimate of drug-likeness (QED) is 0.337. The Balaban J connectivity index is 1.42. The molecule has 1 aliphatic rings. The van der Waals surface area contributed by atoms with Crippen molar-refractivity contribution in [2.45, 2.75) is 37.9 Å². The number of hydrogen-bond donors (Lipinski definition) is 1. The number of rotatable bonds is 5. The second-order valence-corrected chi connectivity index (χ2v) is 9.94. The third kappa shape index (κ3) is 3.87. The second kappa shape index (κ2) is 8.56. The molecular formula is C25H23N3O2S2. The van der Waals surface area contributed by atoms with Crippen LogP contribution in [0, 0.1) is 13.8 Å². The third-order valence-corrected chi connectivity index (χ3v) is 7.83. The minimum absolute atomic E-state index is 0.0496. The Labute approximate surface area is 194 Å². The molecule has 32 heavy (non-hydrogen) atoms. The highest BCUT2D eigenvalue weighted by molar-refractivity contribution is 7.99. The van der Waals surface area contributed by atoms with Gasteiger partial charge >= 0.3 is 0 Å². The molecule has 4 aromatic rings. The summed E-state index contributed by atoms with van der Waals surface area (Å²) in [5.41, 5.74) is 6.13. The molecule has 2 aromatic carbocycles. The number of thiophene rings is 1. The average Bonchev–Trinajstić information content (AvgIpc) is 3.42. The van der Waals surface area contributed by atoms with Crippen LogP contribution in [-0.2, 0) is 11.2 Å². The Hall–Kier alpha value is -2.90. The summed E-state index contributed by atoms with van der Waals surface area (Å²) in [6.45, 7) is 4.07. The number of nitrogens with one attached hydrogen (secondary N) is 1. The van der Waals surface area contributed by atoms with Crippen molar-refractivity contribution >= 4 is 39.2 Å². The molecule has 0 aliphatic heterocycles. The first kappa shape index (κ1) is 21.0. The molecule has 5 rings (SSSR count). The van der Waals surface area contributed by atoms with Crippen LogP contribution >= 0.6 is 23.1 Å². The molecule has 0 bridgehead atoms. The second-order valence-electron chi connectivity index (χ2n) is 8.08. The number of carbonyl (C=O) groups is 1. The van der Waals surface area contributed by atoms with E-state index in [4.69, 9.17) is 4.98 Å². The molecule has 1 N–H and O–H groups in total. The lowest BCUT2D eigenvalue weighted by Gasteiger charge is -2.15. The average molecular weight is 462 g/mol. The zero-order chi connectivity index (χ0) is 22.2. The number of amides is 1. The van der Waals surface area contributed by atoms with E-state index >= 15 is 0 Å². The third-order valence-electron chi connectivity index (χ3n) is 6.00. The van der Waals surface area contributed by atoms with Crippen LogP contribution in [0.5, 0.6) is 0 Å². The number of nitrogens with zero attached hydrogens (tertiary/aromatic N) is 2. The number of aryl methyl sites for hydroxylation is 3. The molecule has 0 unspecified atom stereocenters.